The van der Waals surface area contributed by atoms with E-state index in [1.807, 2.05) is 0 Å². The van der Waals surface area contributed by atoms with Crippen molar-refractivity contribution in [3.05, 3.63) is 10.4 Å². The number of likely N-dealkylation sites (tertiary alicyclic amines) is 1. The third kappa shape index (κ3) is 1.69. The molecule has 7 heteroatoms. The normalized spacial score (nSPS) is 28.8. The molecule has 2 aliphatic rings. The van der Waals surface area contributed by atoms with Crippen LogP contribution in [0.5, 0.6) is 0 Å². The predicted octanol–water partition coefficient (Wildman–Crippen LogP) is 0.602. The number of carbonyl (C=O) groups is 2. The van der Waals surface area contributed by atoms with Crippen LogP contribution in [0.15, 0.2) is 5.11 Å². The Kier molecular flexibility index (Phi) is 2.70. The highest BCUT2D eigenvalue weighted by atomic mass is 16.5. The van der Waals surface area contributed by atoms with Crippen molar-refractivity contribution in [1.29, 1.82) is 0 Å². The summed E-state index contributed by atoms with van der Waals surface area (Å²) in [5.74, 6) is -0.688. The third-order valence-corrected chi connectivity index (χ3v) is 2.93. The van der Waals surface area contributed by atoms with Gasteiger partial charge in [0.15, 0.2) is 0 Å². The minimum Gasteiger partial charge on any atom is -0.467 e. The van der Waals surface area contributed by atoms with Crippen molar-refractivity contribution < 1.29 is 14.3 Å². The maximum atomic E-state index is 11.9. The minimum absolute atomic E-state index is 0.121. The summed E-state index contributed by atoms with van der Waals surface area (Å²) in [6.45, 7) is 0. The molecule has 2 atom stereocenters. The molecular weight excluding hydrogens is 212 g/mol. The molecule has 7 nitrogen and oxygen atoms in total. The molecule has 0 unspecified atom stereocenters. The lowest BCUT2D eigenvalue weighted by molar-refractivity contribution is -0.149. The Labute approximate surface area is 92.0 Å². The van der Waals surface area contributed by atoms with Gasteiger partial charge in [0.1, 0.15) is 12.1 Å². The lowest BCUT2D eigenvalue weighted by atomic mass is 10.2. The quantitative estimate of drug-likeness (QED) is 0.304. The van der Waals surface area contributed by atoms with Crippen molar-refractivity contribution in [3.63, 3.8) is 0 Å². The highest BCUT2D eigenvalue weighted by Gasteiger charge is 2.49. The lowest BCUT2D eigenvalue weighted by Gasteiger charge is -2.22. The number of methoxy groups -OCH3 is 1. The maximum Gasteiger partial charge on any atom is 0.328 e. The predicted molar refractivity (Wildman–Crippen MR) is 53.2 cm³/mol. The number of rotatable bonds is 3. The average molecular weight is 224 g/mol. The summed E-state index contributed by atoms with van der Waals surface area (Å²) in [5, 5.41) is 3.41. The van der Waals surface area contributed by atoms with E-state index in [0.717, 1.165) is 12.8 Å². The zero-order valence-corrected chi connectivity index (χ0v) is 8.87. The van der Waals surface area contributed by atoms with Crippen LogP contribution in [-0.2, 0) is 14.3 Å². The summed E-state index contributed by atoms with van der Waals surface area (Å²) in [4.78, 5) is 27.5. The first-order chi connectivity index (χ1) is 7.69. The molecule has 2 rings (SSSR count). The topological polar surface area (TPSA) is 95.4 Å². The van der Waals surface area contributed by atoms with Crippen LogP contribution in [0.25, 0.3) is 10.4 Å². The van der Waals surface area contributed by atoms with E-state index in [4.69, 9.17) is 5.53 Å². The van der Waals surface area contributed by atoms with Gasteiger partial charge in [-0.3, -0.25) is 4.79 Å². The highest BCUT2D eigenvalue weighted by molar-refractivity contribution is 5.92. The van der Waals surface area contributed by atoms with Gasteiger partial charge < -0.3 is 9.64 Å². The number of nitrogens with zero attached hydrogens (tertiary/aromatic N) is 4. The molecule has 2 fully saturated rings. The summed E-state index contributed by atoms with van der Waals surface area (Å²) in [7, 11) is 1.29. The van der Waals surface area contributed by atoms with Gasteiger partial charge in [0, 0.05) is 11.0 Å². The van der Waals surface area contributed by atoms with Crippen molar-refractivity contribution in [2.75, 3.05) is 7.11 Å². The van der Waals surface area contributed by atoms with Crippen molar-refractivity contribution >= 4 is 11.9 Å². The van der Waals surface area contributed by atoms with Gasteiger partial charge in [-0.25, -0.2) is 4.79 Å². The first-order valence-electron chi connectivity index (χ1n) is 5.13. The van der Waals surface area contributed by atoms with Gasteiger partial charge >= 0.3 is 5.97 Å². The van der Waals surface area contributed by atoms with E-state index in [9.17, 15) is 9.59 Å². The molecule has 1 heterocycles. The lowest BCUT2D eigenvalue weighted by Crippen LogP contribution is -2.41. The first-order valence-corrected chi connectivity index (χ1v) is 5.13. The van der Waals surface area contributed by atoms with Crippen molar-refractivity contribution in [2.24, 2.45) is 5.11 Å². The Balaban J connectivity index is 2.20. The van der Waals surface area contributed by atoms with Crippen LogP contribution in [0.4, 0.5) is 0 Å². The fourth-order valence-corrected chi connectivity index (χ4v) is 2.04. The van der Waals surface area contributed by atoms with Gasteiger partial charge in [0.25, 0.3) is 0 Å². The highest BCUT2D eigenvalue weighted by Crippen LogP contribution is 2.35. The summed E-state index contributed by atoms with van der Waals surface area (Å²) in [5.41, 5.74) is 8.34. The van der Waals surface area contributed by atoms with E-state index in [1.165, 1.54) is 12.0 Å². The third-order valence-electron chi connectivity index (χ3n) is 2.93. The molecule has 1 saturated carbocycles. The van der Waals surface area contributed by atoms with E-state index >= 15 is 0 Å². The molecule has 0 bridgehead atoms. The molecule has 0 spiro atoms. The maximum absolute atomic E-state index is 11.9. The van der Waals surface area contributed by atoms with Gasteiger partial charge in [0.2, 0.25) is 5.91 Å². The number of amides is 1. The SMILES string of the molecule is COC(=O)[C@H]1C[C@H](N=[N+]=[N-])C(=O)N1C1CC1. The van der Waals surface area contributed by atoms with Gasteiger partial charge in [-0.2, -0.15) is 0 Å². The van der Waals surface area contributed by atoms with Crippen molar-refractivity contribution in [2.45, 2.75) is 37.4 Å². The van der Waals surface area contributed by atoms with Crippen LogP contribution in [0.3, 0.4) is 0 Å². The van der Waals surface area contributed by atoms with Crippen molar-refractivity contribution in [3.8, 4) is 0 Å². The van der Waals surface area contributed by atoms with Crippen LogP contribution in [0.1, 0.15) is 19.3 Å². The Morgan fingerprint density at radius 1 is 1.62 bits per heavy atom. The van der Waals surface area contributed by atoms with Crippen molar-refractivity contribution in [1.82, 2.24) is 4.90 Å². The van der Waals surface area contributed by atoms with Gasteiger partial charge in [-0.1, -0.05) is 5.11 Å². The number of azide groups is 1. The molecule has 0 aromatic carbocycles. The number of hydrogen-bond donors (Lipinski definition) is 0. The van der Waals surface area contributed by atoms with E-state index in [2.05, 4.69) is 14.8 Å². The summed E-state index contributed by atoms with van der Waals surface area (Å²) in [6.07, 6.45) is 2.04. The molecule has 1 saturated heterocycles. The van der Waals surface area contributed by atoms with E-state index < -0.39 is 18.1 Å². The van der Waals surface area contributed by atoms with Gasteiger partial charge in [0.05, 0.1) is 7.11 Å². The molecule has 86 valence electrons. The molecule has 0 aromatic rings. The van der Waals surface area contributed by atoms with Crippen LogP contribution in [0.2, 0.25) is 0 Å². The van der Waals surface area contributed by atoms with E-state index in [-0.39, 0.29) is 18.4 Å². The molecule has 1 aliphatic carbocycles. The summed E-state index contributed by atoms with van der Waals surface area (Å²) in [6, 6.07) is -1.22. The average Bonchev–Trinajstić information content (AvgIpc) is 3.05. The van der Waals surface area contributed by atoms with Gasteiger partial charge in [-0.15, -0.1) is 0 Å². The fourth-order valence-electron chi connectivity index (χ4n) is 2.04. The monoisotopic (exact) mass is 224 g/mol. The van der Waals surface area contributed by atoms with Crippen LogP contribution < -0.4 is 0 Å². The second-order valence-corrected chi connectivity index (χ2v) is 3.97. The molecule has 0 aromatic heterocycles. The number of carbonyl (C=O) groups excluding carboxylic acids is 2. The zero-order chi connectivity index (χ0) is 11.7. The molecule has 16 heavy (non-hydrogen) atoms. The van der Waals surface area contributed by atoms with Crippen LogP contribution >= 0.6 is 0 Å². The Bertz CT molecular complexity index is 373. The molecular formula is C9H12N4O3. The molecule has 0 radical (unpaired) electrons. The van der Waals surface area contributed by atoms with Crippen LogP contribution in [-0.4, -0.2) is 42.0 Å². The largest absolute Gasteiger partial charge is 0.467 e. The Hall–Kier alpha value is -1.75. The molecule has 1 aliphatic heterocycles. The minimum atomic E-state index is -0.755. The zero-order valence-electron chi connectivity index (χ0n) is 8.87. The number of esters is 1. The standard InChI is InChI=1S/C9H12N4O3/c1-16-9(15)7-4-6(11-12-10)8(14)13(7)5-2-3-5/h5-7H,2-4H2,1H3/t6-,7+/m0/s1. The number of ether oxygens (including phenoxy) is 1. The second-order valence-electron chi connectivity index (χ2n) is 3.97. The Morgan fingerprint density at radius 3 is 2.81 bits per heavy atom. The molecule has 1 amide bonds. The summed E-state index contributed by atoms with van der Waals surface area (Å²) >= 11 is 0. The first kappa shape index (κ1) is 10.8. The van der Waals surface area contributed by atoms with E-state index in [0.29, 0.717) is 0 Å². The summed E-state index contributed by atoms with van der Waals surface area (Å²) < 4.78 is 4.65. The second kappa shape index (κ2) is 4.02. The number of hydrogen-bond acceptors (Lipinski definition) is 4. The Morgan fingerprint density at radius 2 is 2.31 bits per heavy atom. The smallest absolute Gasteiger partial charge is 0.328 e. The van der Waals surface area contributed by atoms with Crippen LogP contribution in [0, 0.1) is 0 Å². The molecule has 0 N–H and O–H groups in total. The fraction of sp³-hybridized carbons (Fsp3) is 0.778. The van der Waals surface area contributed by atoms with E-state index in [1.54, 1.807) is 0 Å². The van der Waals surface area contributed by atoms with Gasteiger partial charge in [-0.05, 0) is 24.8 Å².